The fourth-order valence-electron chi connectivity index (χ4n) is 4.29. The van der Waals surface area contributed by atoms with Crippen molar-refractivity contribution in [3.63, 3.8) is 0 Å². The molecule has 0 N–H and O–H groups in total. The van der Waals surface area contributed by atoms with Crippen molar-refractivity contribution in [3.05, 3.63) is 85.2 Å². The number of ketones is 1. The second kappa shape index (κ2) is 6.22. The third-order valence-corrected chi connectivity index (χ3v) is 6.49. The van der Waals surface area contributed by atoms with Gasteiger partial charge in [-0.05, 0) is 32.1 Å². The van der Waals surface area contributed by atoms with E-state index in [1.54, 1.807) is 29.7 Å². The SMILES string of the molecule is CC(=O)C1C2c3ccccc3OC1(C)N=c1s/c(=C\c3ccccc3F)c(=O)n12. The molecule has 0 radical (unpaired) electrons. The van der Waals surface area contributed by atoms with Gasteiger partial charge in [0.2, 0.25) is 5.72 Å². The summed E-state index contributed by atoms with van der Waals surface area (Å²) in [4.78, 5) is 31.0. The molecule has 2 aliphatic heterocycles. The van der Waals surface area contributed by atoms with Gasteiger partial charge in [-0.3, -0.25) is 14.2 Å². The van der Waals surface area contributed by atoms with Crippen molar-refractivity contribution in [1.82, 2.24) is 4.57 Å². The van der Waals surface area contributed by atoms with E-state index in [2.05, 4.69) is 4.99 Å². The Hall–Kier alpha value is -3.06. The number of para-hydroxylation sites is 1. The first-order valence-electron chi connectivity index (χ1n) is 9.25. The standard InChI is InChI=1S/C22H17FN2O3S/c1-12(26)18-19-14-8-4-6-10-16(14)28-22(18,2)24-21-25(19)20(27)17(29-21)11-13-7-3-5-9-15(13)23/h3-11,18-19H,1-2H3/b17-11-. The van der Waals surface area contributed by atoms with Crippen molar-refractivity contribution in [2.45, 2.75) is 25.6 Å². The Balaban J connectivity index is 1.83. The summed E-state index contributed by atoms with van der Waals surface area (Å²) < 4.78 is 22.2. The van der Waals surface area contributed by atoms with Gasteiger partial charge in [-0.15, -0.1) is 0 Å². The predicted octanol–water partition coefficient (Wildman–Crippen LogP) is 2.41. The molecule has 0 fully saturated rings. The van der Waals surface area contributed by atoms with Crippen LogP contribution in [-0.2, 0) is 4.79 Å². The molecule has 2 aliphatic rings. The van der Waals surface area contributed by atoms with Crippen molar-refractivity contribution in [2.75, 3.05) is 0 Å². The zero-order valence-corrected chi connectivity index (χ0v) is 16.6. The molecule has 1 aromatic heterocycles. The molecule has 0 amide bonds. The molecular formula is C22H17FN2O3S. The lowest BCUT2D eigenvalue weighted by molar-refractivity contribution is -0.132. The van der Waals surface area contributed by atoms with Gasteiger partial charge in [-0.2, -0.15) is 0 Å². The second-order valence-corrected chi connectivity index (χ2v) is 8.44. The van der Waals surface area contributed by atoms with E-state index in [0.717, 1.165) is 5.56 Å². The van der Waals surface area contributed by atoms with Gasteiger partial charge in [-0.1, -0.05) is 47.7 Å². The zero-order chi connectivity index (χ0) is 20.3. The minimum Gasteiger partial charge on any atom is -0.465 e. The minimum atomic E-state index is -1.10. The summed E-state index contributed by atoms with van der Waals surface area (Å²) in [5, 5.41) is 0. The minimum absolute atomic E-state index is 0.0980. The van der Waals surface area contributed by atoms with Crippen molar-refractivity contribution in [2.24, 2.45) is 10.9 Å². The molecule has 5 nitrogen and oxygen atoms in total. The van der Waals surface area contributed by atoms with Crippen LogP contribution in [0.5, 0.6) is 5.75 Å². The molecule has 2 bridgehead atoms. The van der Waals surface area contributed by atoms with Crippen LogP contribution in [0.15, 0.2) is 58.3 Å². The maximum absolute atomic E-state index is 14.1. The van der Waals surface area contributed by atoms with Crippen molar-refractivity contribution in [1.29, 1.82) is 0 Å². The molecule has 0 aliphatic carbocycles. The fourth-order valence-corrected chi connectivity index (χ4v) is 5.38. The van der Waals surface area contributed by atoms with Crippen LogP contribution in [0.2, 0.25) is 0 Å². The highest BCUT2D eigenvalue weighted by molar-refractivity contribution is 7.07. The lowest BCUT2D eigenvalue weighted by atomic mass is 9.79. The normalized spacial score (nSPS) is 24.9. The summed E-state index contributed by atoms with van der Waals surface area (Å²) >= 11 is 1.18. The van der Waals surface area contributed by atoms with Crippen LogP contribution in [-0.4, -0.2) is 16.1 Å². The van der Waals surface area contributed by atoms with Gasteiger partial charge >= 0.3 is 0 Å². The number of fused-ring (bicyclic) bond motifs is 6. The van der Waals surface area contributed by atoms with Crippen molar-refractivity contribution in [3.8, 4) is 5.75 Å². The van der Waals surface area contributed by atoms with Gasteiger partial charge in [0, 0.05) is 11.1 Å². The molecule has 0 saturated carbocycles. The molecule has 5 rings (SSSR count). The lowest BCUT2D eigenvalue weighted by Crippen LogP contribution is -2.58. The fraction of sp³-hybridized carbons (Fsp3) is 0.227. The van der Waals surface area contributed by atoms with E-state index in [1.165, 1.54) is 30.4 Å². The number of halogens is 1. The number of carbonyl (C=O) groups is 1. The molecule has 3 atom stereocenters. The summed E-state index contributed by atoms with van der Waals surface area (Å²) in [6.07, 6.45) is 1.53. The number of benzene rings is 2. The number of nitrogens with zero attached hydrogens (tertiary/aromatic N) is 2. The molecule has 3 heterocycles. The van der Waals surface area contributed by atoms with E-state index in [0.29, 0.717) is 20.6 Å². The van der Waals surface area contributed by atoms with Gasteiger partial charge in [-0.25, -0.2) is 9.38 Å². The molecular weight excluding hydrogens is 391 g/mol. The first kappa shape index (κ1) is 18.0. The van der Waals surface area contributed by atoms with Crippen molar-refractivity contribution >= 4 is 23.2 Å². The summed E-state index contributed by atoms with van der Waals surface area (Å²) in [6, 6.07) is 13.2. The molecule has 2 aromatic carbocycles. The molecule has 7 heteroatoms. The first-order valence-corrected chi connectivity index (χ1v) is 10.1. The van der Waals surface area contributed by atoms with Gasteiger partial charge in [0.1, 0.15) is 23.3 Å². The van der Waals surface area contributed by atoms with Crippen LogP contribution < -0.4 is 19.6 Å². The van der Waals surface area contributed by atoms with E-state index in [9.17, 15) is 14.0 Å². The number of aromatic nitrogens is 1. The van der Waals surface area contributed by atoms with Gasteiger partial charge in [0.25, 0.3) is 5.56 Å². The zero-order valence-electron chi connectivity index (χ0n) is 15.8. The number of Topliss-reactive ketones (excluding diaryl/α,β-unsaturated/α-hetero) is 1. The average molecular weight is 408 g/mol. The molecule has 146 valence electrons. The summed E-state index contributed by atoms with van der Waals surface area (Å²) in [6.45, 7) is 3.27. The summed E-state index contributed by atoms with van der Waals surface area (Å²) in [5.74, 6) is -0.511. The van der Waals surface area contributed by atoms with Crippen LogP contribution in [0.25, 0.3) is 6.08 Å². The van der Waals surface area contributed by atoms with Crippen LogP contribution in [0, 0.1) is 11.7 Å². The highest BCUT2D eigenvalue weighted by Gasteiger charge is 2.53. The summed E-state index contributed by atoms with van der Waals surface area (Å²) in [7, 11) is 0. The average Bonchev–Trinajstić information content (AvgIpc) is 2.96. The Morgan fingerprint density at radius 2 is 1.97 bits per heavy atom. The number of ether oxygens (including phenoxy) is 1. The van der Waals surface area contributed by atoms with Crippen LogP contribution in [0.4, 0.5) is 4.39 Å². The molecule has 29 heavy (non-hydrogen) atoms. The Kier molecular flexibility index (Phi) is 3.86. The number of rotatable bonds is 2. The van der Waals surface area contributed by atoms with Crippen LogP contribution in [0.3, 0.4) is 0 Å². The van der Waals surface area contributed by atoms with E-state index < -0.39 is 23.5 Å². The monoisotopic (exact) mass is 408 g/mol. The number of hydrogen-bond acceptors (Lipinski definition) is 5. The molecule has 0 spiro atoms. The smallest absolute Gasteiger partial charge is 0.270 e. The third-order valence-electron chi connectivity index (χ3n) is 5.51. The third kappa shape index (κ3) is 2.61. The first-order chi connectivity index (χ1) is 13.9. The highest BCUT2D eigenvalue weighted by Crippen LogP contribution is 2.47. The predicted molar refractivity (Wildman–Crippen MR) is 107 cm³/mol. The van der Waals surface area contributed by atoms with Crippen LogP contribution in [0.1, 0.15) is 31.0 Å². The Labute approximate surface area is 169 Å². The van der Waals surface area contributed by atoms with E-state index in [1.807, 2.05) is 24.3 Å². The topological polar surface area (TPSA) is 60.7 Å². The number of hydrogen-bond donors (Lipinski definition) is 0. The highest BCUT2D eigenvalue weighted by atomic mass is 32.1. The Morgan fingerprint density at radius 3 is 2.72 bits per heavy atom. The van der Waals surface area contributed by atoms with Gasteiger partial charge < -0.3 is 4.74 Å². The Morgan fingerprint density at radius 1 is 1.24 bits per heavy atom. The maximum Gasteiger partial charge on any atom is 0.270 e. The summed E-state index contributed by atoms with van der Waals surface area (Å²) in [5.41, 5.74) is -0.277. The molecule has 3 aromatic rings. The number of carbonyl (C=O) groups excluding carboxylic acids is 1. The van der Waals surface area contributed by atoms with E-state index in [-0.39, 0.29) is 11.3 Å². The van der Waals surface area contributed by atoms with E-state index in [4.69, 9.17) is 4.74 Å². The van der Waals surface area contributed by atoms with Gasteiger partial charge in [0.15, 0.2) is 4.80 Å². The largest absolute Gasteiger partial charge is 0.465 e. The molecule has 0 saturated heterocycles. The van der Waals surface area contributed by atoms with E-state index >= 15 is 0 Å². The second-order valence-electron chi connectivity index (χ2n) is 7.43. The van der Waals surface area contributed by atoms with Crippen LogP contribution >= 0.6 is 11.3 Å². The maximum atomic E-state index is 14.1. The number of thiazole rings is 1. The molecule has 3 unspecified atom stereocenters. The Bertz CT molecular complexity index is 1340. The van der Waals surface area contributed by atoms with Gasteiger partial charge in [0.05, 0.1) is 10.6 Å². The lowest BCUT2D eigenvalue weighted by Gasteiger charge is -2.45. The quantitative estimate of drug-likeness (QED) is 0.654. The van der Waals surface area contributed by atoms with Crippen molar-refractivity contribution < 1.29 is 13.9 Å².